The molecule has 1 aromatic heterocycles. The van der Waals surface area contributed by atoms with E-state index in [0.29, 0.717) is 30.6 Å². The van der Waals surface area contributed by atoms with Crippen LogP contribution in [-0.2, 0) is 6.61 Å². The first-order valence-corrected chi connectivity index (χ1v) is 13.1. The van der Waals surface area contributed by atoms with Crippen LogP contribution in [0.3, 0.4) is 0 Å². The lowest BCUT2D eigenvalue weighted by Gasteiger charge is -2.32. The Morgan fingerprint density at radius 1 is 1.05 bits per heavy atom. The molecular weight excluding hydrogens is 476 g/mol. The van der Waals surface area contributed by atoms with Crippen LogP contribution in [0.2, 0.25) is 0 Å². The number of guanidine groups is 1. The van der Waals surface area contributed by atoms with Gasteiger partial charge in [-0.2, -0.15) is 5.26 Å². The lowest BCUT2D eigenvalue weighted by Crippen LogP contribution is -2.38. The van der Waals surface area contributed by atoms with Crippen LogP contribution in [0.1, 0.15) is 48.0 Å². The number of nitrogens with zero attached hydrogens (tertiary/aromatic N) is 4. The summed E-state index contributed by atoms with van der Waals surface area (Å²) in [4.78, 5) is 23.5. The second kappa shape index (κ2) is 14.4. The van der Waals surface area contributed by atoms with Gasteiger partial charge in [-0.3, -0.25) is 20.1 Å². The van der Waals surface area contributed by atoms with E-state index in [9.17, 15) is 4.79 Å². The molecule has 38 heavy (non-hydrogen) atoms. The van der Waals surface area contributed by atoms with Gasteiger partial charge in [0.15, 0.2) is 6.19 Å². The minimum atomic E-state index is 0.0889. The maximum absolute atomic E-state index is 13.0. The zero-order valence-corrected chi connectivity index (χ0v) is 21.6. The van der Waals surface area contributed by atoms with E-state index in [1.54, 1.807) is 12.4 Å². The summed E-state index contributed by atoms with van der Waals surface area (Å²) >= 11 is 0. The van der Waals surface area contributed by atoms with Crippen LogP contribution in [0.25, 0.3) is 0 Å². The fourth-order valence-electron chi connectivity index (χ4n) is 4.51. The lowest BCUT2D eigenvalue weighted by atomic mass is 9.91. The van der Waals surface area contributed by atoms with Crippen molar-refractivity contribution in [3.05, 3.63) is 90.3 Å². The fourth-order valence-corrected chi connectivity index (χ4v) is 4.51. The molecule has 1 aliphatic heterocycles. The zero-order chi connectivity index (χ0) is 26.4. The van der Waals surface area contributed by atoms with E-state index >= 15 is 0 Å². The number of aromatic nitrogens is 1. The maximum Gasteiger partial charge on any atom is 0.253 e. The minimum Gasteiger partial charge on any atom is -0.489 e. The number of hydrogen-bond donors (Lipinski definition) is 2. The number of unbranched alkanes of at least 4 members (excludes halogenated alkanes) is 1. The second-order valence-electron chi connectivity index (χ2n) is 9.36. The monoisotopic (exact) mass is 510 g/mol. The minimum absolute atomic E-state index is 0.0889. The van der Waals surface area contributed by atoms with Crippen molar-refractivity contribution in [1.29, 1.82) is 5.26 Å². The Labute approximate surface area is 224 Å². The summed E-state index contributed by atoms with van der Waals surface area (Å²) in [5.74, 6) is 1.91. The molecule has 2 heterocycles. The molecule has 4 rings (SSSR count). The van der Waals surface area contributed by atoms with Crippen molar-refractivity contribution >= 4 is 17.6 Å². The molecule has 8 heteroatoms. The van der Waals surface area contributed by atoms with E-state index in [-0.39, 0.29) is 5.91 Å². The SMILES string of the molecule is N#CNC(=NCCCCC1CCN(C(=O)c2ccc(OCc3ccccc3)cc2)CC1)Nc1cccnc1. The molecule has 0 atom stereocenters. The first-order valence-electron chi connectivity index (χ1n) is 13.1. The third kappa shape index (κ3) is 8.34. The van der Waals surface area contributed by atoms with Crippen molar-refractivity contribution in [1.82, 2.24) is 15.2 Å². The number of amides is 1. The van der Waals surface area contributed by atoms with Gasteiger partial charge in [-0.1, -0.05) is 43.2 Å². The molecule has 1 aliphatic rings. The van der Waals surface area contributed by atoms with Crippen LogP contribution in [0.4, 0.5) is 5.69 Å². The Morgan fingerprint density at radius 3 is 2.55 bits per heavy atom. The Balaban J connectivity index is 1.14. The smallest absolute Gasteiger partial charge is 0.253 e. The third-order valence-electron chi connectivity index (χ3n) is 6.64. The number of rotatable bonds is 10. The van der Waals surface area contributed by atoms with Gasteiger partial charge in [0.05, 0.1) is 11.9 Å². The summed E-state index contributed by atoms with van der Waals surface area (Å²) < 4.78 is 5.84. The van der Waals surface area contributed by atoms with E-state index in [4.69, 9.17) is 10.00 Å². The molecule has 0 bridgehead atoms. The van der Waals surface area contributed by atoms with Gasteiger partial charge in [0.25, 0.3) is 5.91 Å². The van der Waals surface area contributed by atoms with E-state index in [1.807, 2.05) is 77.8 Å². The van der Waals surface area contributed by atoms with Gasteiger partial charge in [-0.05, 0) is 67.1 Å². The Kier molecular flexibility index (Phi) is 10.1. The third-order valence-corrected chi connectivity index (χ3v) is 6.64. The van der Waals surface area contributed by atoms with E-state index in [1.165, 1.54) is 0 Å². The van der Waals surface area contributed by atoms with Crippen LogP contribution in [-0.4, -0.2) is 41.4 Å². The normalized spacial score (nSPS) is 14.0. The van der Waals surface area contributed by atoms with Crippen LogP contribution < -0.4 is 15.4 Å². The number of ether oxygens (including phenoxy) is 1. The second-order valence-corrected chi connectivity index (χ2v) is 9.36. The molecule has 3 aromatic rings. The number of carbonyl (C=O) groups is 1. The molecule has 8 nitrogen and oxygen atoms in total. The Bertz CT molecular complexity index is 1200. The molecule has 0 radical (unpaired) electrons. The predicted molar refractivity (Wildman–Crippen MR) is 149 cm³/mol. The quantitative estimate of drug-likeness (QED) is 0.127. The Hall–Kier alpha value is -4.38. The predicted octanol–water partition coefficient (Wildman–Crippen LogP) is 5.22. The van der Waals surface area contributed by atoms with Gasteiger partial charge in [0, 0.05) is 31.4 Å². The molecule has 2 aromatic carbocycles. The highest BCUT2D eigenvalue weighted by Gasteiger charge is 2.23. The van der Waals surface area contributed by atoms with Crippen molar-refractivity contribution in [2.75, 3.05) is 25.0 Å². The van der Waals surface area contributed by atoms with E-state index < -0.39 is 0 Å². The molecule has 0 saturated carbocycles. The van der Waals surface area contributed by atoms with Crippen LogP contribution >= 0.6 is 0 Å². The summed E-state index contributed by atoms with van der Waals surface area (Å²) in [6, 6.07) is 21.2. The molecule has 1 amide bonds. The molecule has 196 valence electrons. The van der Waals surface area contributed by atoms with Crippen LogP contribution in [0.5, 0.6) is 5.75 Å². The summed E-state index contributed by atoms with van der Waals surface area (Å²) in [5.41, 5.74) is 2.60. The molecular formula is C30H34N6O2. The van der Waals surface area contributed by atoms with Crippen molar-refractivity contribution in [2.24, 2.45) is 10.9 Å². The van der Waals surface area contributed by atoms with Gasteiger partial charge < -0.3 is 15.0 Å². The summed E-state index contributed by atoms with van der Waals surface area (Å²) in [7, 11) is 0. The van der Waals surface area contributed by atoms with Gasteiger partial charge in [-0.25, -0.2) is 0 Å². The molecule has 0 spiro atoms. The largest absolute Gasteiger partial charge is 0.489 e. The number of anilines is 1. The summed E-state index contributed by atoms with van der Waals surface area (Å²) in [6.45, 7) is 2.73. The van der Waals surface area contributed by atoms with Gasteiger partial charge in [0.1, 0.15) is 12.4 Å². The van der Waals surface area contributed by atoms with Crippen LogP contribution in [0.15, 0.2) is 84.1 Å². The van der Waals surface area contributed by atoms with Gasteiger partial charge in [0.2, 0.25) is 5.96 Å². The zero-order valence-electron chi connectivity index (χ0n) is 21.6. The number of pyridine rings is 1. The summed E-state index contributed by atoms with van der Waals surface area (Å²) in [5, 5.41) is 14.6. The Morgan fingerprint density at radius 2 is 1.84 bits per heavy atom. The number of nitrogens with one attached hydrogen (secondary N) is 2. The van der Waals surface area contributed by atoms with Crippen molar-refractivity contribution in [3.8, 4) is 11.9 Å². The number of likely N-dealkylation sites (tertiary alicyclic amines) is 1. The topological polar surface area (TPSA) is 103 Å². The molecule has 0 unspecified atom stereocenters. The van der Waals surface area contributed by atoms with Crippen LogP contribution in [0, 0.1) is 17.4 Å². The van der Waals surface area contributed by atoms with E-state index in [2.05, 4.69) is 20.6 Å². The highest BCUT2D eigenvalue weighted by atomic mass is 16.5. The molecule has 1 saturated heterocycles. The van der Waals surface area contributed by atoms with Crippen molar-refractivity contribution in [3.63, 3.8) is 0 Å². The number of hydrogen-bond acceptors (Lipinski definition) is 5. The highest BCUT2D eigenvalue weighted by molar-refractivity contribution is 5.94. The summed E-state index contributed by atoms with van der Waals surface area (Å²) in [6.07, 6.45) is 10.5. The lowest BCUT2D eigenvalue weighted by molar-refractivity contribution is 0.0685. The first-order chi connectivity index (χ1) is 18.7. The maximum atomic E-state index is 13.0. The highest BCUT2D eigenvalue weighted by Crippen LogP contribution is 2.24. The number of aliphatic imine (C=N–C) groups is 1. The molecule has 1 fully saturated rings. The van der Waals surface area contributed by atoms with Crippen molar-refractivity contribution < 1.29 is 9.53 Å². The molecule has 2 N–H and O–H groups in total. The number of benzene rings is 2. The van der Waals surface area contributed by atoms with Crippen molar-refractivity contribution in [2.45, 2.75) is 38.7 Å². The number of piperidine rings is 1. The van der Waals surface area contributed by atoms with Gasteiger partial charge in [-0.15, -0.1) is 0 Å². The average molecular weight is 511 g/mol. The van der Waals surface area contributed by atoms with Gasteiger partial charge >= 0.3 is 0 Å². The number of carbonyl (C=O) groups excluding carboxylic acids is 1. The average Bonchev–Trinajstić information content (AvgIpc) is 2.97. The molecule has 0 aliphatic carbocycles. The van der Waals surface area contributed by atoms with E-state index in [0.717, 1.165) is 62.2 Å². The number of nitriles is 1. The first kappa shape index (κ1) is 26.7. The fraction of sp³-hybridized carbons (Fsp3) is 0.333. The standard InChI is InChI=1S/C30H34N6O2/c31-23-34-30(35-27-10-6-17-32-21-27)33-18-5-4-7-24-15-19-36(20-16-24)29(37)26-11-13-28(14-12-26)38-22-25-8-2-1-3-9-25/h1-3,6,8-14,17,21,24H,4-5,7,15-16,18-20,22H2,(H2,33,34,35).